The van der Waals surface area contributed by atoms with Crippen LogP contribution < -0.4 is 4.74 Å². The molecule has 0 aliphatic rings. The van der Waals surface area contributed by atoms with Crippen molar-refractivity contribution in [3.63, 3.8) is 0 Å². The molecule has 0 spiro atoms. The molecule has 11 heavy (non-hydrogen) atoms. The summed E-state index contributed by atoms with van der Waals surface area (Å²) in [6, 6.07) is 1.69. The van der Waals surface area contributed by atoms with Crippen LogP contribution in [0, 0.1) is 0 Å². The summed E-state index contributed by atoms with van der Waals surface area (Å²) in [5, 5.41) is 3.56. The summed E-state index contributed by atoms with van der Waals surface area (Å²) in [5.41, 5.74) is 0. The van der Waals surface area contributed by atoms with Crippen LogP contribution in [-0.2, 0) is 0 Å². The van der Waals surface area contributed by atoms with Gasteiger partial charge in [0.1, 0.15) is 6.26 Å². The van der Waals surface area contributed by atoms with Crippen LogP contribution in [0.5, 0.6) is 5.88 Å². The Bertz CT molecular complexity index is 149. The minimum atomic E-state index is 0.567. The summed E-state index contributed by atoms with van der Waals surface area (Å²) in [7, 11) is 0. The van der Waals surface area contributed by atoms with E-state index in [1.165, 1.54) is 6.26 Å². The highest BCUT2D eigenvalue weighted by Gasteiger charge is 1.92. The molecule has 0 saturated heterocycles. The Morgan fingerprint density at radius 3 is 2.73 bits per heavy atom. The molecule has 0 N–H and O–H groups in total. The molecule has 0 bridgehead atoms. The van der Waals surface area contributed by atoms with Crippen LogP contribution in [0.25, 0.3) is 0 Å². The standard InChI is InChI=1S/C6H9NO2.C2H6/c1-2-4-8-6-3-5-9-7-6;1-2/h3,5H,2,4H2,1H3;1-2H3. The van der Waals surface area contributed by atoms with Crippen molar-refractivity contribution in [1.82, 2.24) is 5.16 Å². The molecule has 1 aromatic heterocycles. The topological polar surface area (TPSA) is 35.3 Å². The first kappa shape index (κ1) is 10.0. The molecule has 0 atom stereocenters. The average Bonchev–Trinajstić information content (AvgIpc) is 2.57. The van der Waals surface area contributed by atoms with Crippen LogP contribution in [0.1, 0.15) is 27.2 Å². The second-order valence-corrected chi connectivity index (χ2v) is 1.69. The quantitative estimate of drug-likeness (QED) is 0.676. The molecule has 0 amide bonds. The summed E-state index contributed by atoms with van der Waals surface area (Å²) in [5.74, 6) is 0.567. The molecule has 0 aliphatic heterocycles. The Morgan fingerprint density at radius 1 is 1.55 bits per heavy atom. The smallest absolute Gasteiger partial charge is 0.253 e. The van der Waals surface area contributed by atoms with E-state index in [9.17, 15) is 0 Å². The number of hydrogen-bond acceptors (Lipinski definition) is 3. The van der Waals surface area contributed by atoms with Crippen molar-refractivity contribution in [3.8, 4) is 5.88 Å². The molecule has 1 aromatic rings. The fourth-order valence-corrected chi connectivity index (χ4v) is 0.483. The molecular weight excluding hydrogens is 142 g/mol. The minimum absolute atomic E-state index is 0.567. The van der Waals surface area contributed by atoms with Gasteiger partial charge >= 0.3 is 0 Å². The van der Waals surface area contributed by atoms with Crippen LogP contribution in [0.15, 0.2) is 16.9 Å². The zero-order chi connectivity index (χ0) is 8.53. The monoisotopic (exact) mass is 157 g/mol. The Morgan fingerprint density at radius 2 is 2.27 bits per heavy atom. The van der Waals surface area contributed by atoms with E-state index in [0.29, 0.717) is 12.5 Å². The fraction of sp³-hybridized carbons (Fsp3) is 0.625. The van der Waals surface area contributed by atoms with Gasteiger partial charge in [0.15, 0.2) is 0 Å². The molecule has 1 heterocycles. The van der Waals surface area contributed by atoms with Crippen LogP contribution >= 0.6 is 0 Å². The molecule has 0 aliphatic carbocycles. The summed E-state index contributed by atoms with van der Waals surface area (Å²) < 4.78 is 9.63. The maximum Gasteiger partial charge on any atom is 0.253 e. The molecule has 0 saturated carbocycles. The summed E-state index contributed by atoms with van der Waals surface area (Å²) in [4.78, 5) is 0. The first-order chi connectivity index (χ1) is 5.43. The number of nitrogens with zero attached hydrogens (tertiary/aromatic N) is 1. The highest BCUT2D eigenvalue weighted by molar-refractivity contribution is 5.01. The van der Waals surface area contributed by atoms with Crippen molar-refractivity contribution >= 4 is 0 Å². The van der Waals surface area contributed by atoms with Gasteiger partial charge in [-0.15, -0.1) is 0 Å². The van der Waals surface area contributed by atoms with Crippen molar-refractivity contribution in [3.05, 3.63) is 12.3 Å². The van der Waals surface area contributed by atoms with Gasteiger partial charge in [-0.25, -0.2) is 0 Å². The number of ether oxygens (including phenoxy) is 1. The average molecular weight is 157 g/mol. The van der Waals surface area contributed by atoms with Gasteiger partial charge in [-0.2, -0.15) is 0 Å². The van der Waals surface area contributed by atoms with E-state index in [-0.39, 0.29) is 0 Å². The van der Waals surface area contributed by atoms with Gasteiger partial charge in [0.2, 0.25) is 0 Å². The molecule has 3 heteroatoms. The van der Waals surface area contributed by atoms with E-state index in [4.69, 9.17) is 4.74 Å². The maximum absolute atomic E-state index is 5.09. The lowest BCUT2D eigenvalue weighted by Crippen LogP contribution is -1.93. The SMILES string of the molecule is CC.CCCOc1ccon1. The highest BCUT2D eigenvalue weighted by atomic mass is 16.5. The lowest BCUT2D eigenvalue weighted by atomic mass is 10.5. The van der Waals surface area contributed by atoms with Crippen molar-refractivity contribution in [2.75, 3.05) is 6.61 Å². The molecule has 0 radical (unpaired) electrons. The predicted molar refractivity (Wildman–Crippen MR) is 43.6 cm³/mol. The van der Waals surface area contributed by atoms with E-state index < -0.39 is 0 Å². The van der Waals surface area contributed by atoms with E-state index in [1.807, 2.05) is 20.8 Å². The van der Waals surface area contributed by atoms with Crippen LogP contribution in [0.4, 0.5) is 0 Å². The third-order valence-electron chi connectivity index (χ3n) is 0.868. The van der Waals surface area contributed by atoms with Crippen molar-refractivity contribution in [2.24, 2.45) is 0 Å². The lowest BCUT2D eigenvalue weighted by Gasteiger charge is -1.94. The predicted octanol–water partition coefficient (Wildman–Crippen LogP) is 2.49. The first-order valence-corrected chi connectivity index (χ1v) is 3.96. The lowest BCUT2D eigenvalue weighted by molar-refractivity contribution is 0.279. The Balaban J connectivity index is 0.000000461. The molecule has 0 aromatic carbocycles. The number of aromatic nitrogens is 1. The first-order valence-electron chi connectivity index (χ1n) is 3.96. The Kier molecular flexibility index (Phi) is 6.48. The largest absolute Gasteiger partial charge is 0.476 e. The Labute approximate surface area is 67.3 Å². The molecule has 64 valence electrons. The number of hydrogen-bond donors (Lipinski definition) is 0. The zero-order valence-corrected chi connectivity index (χ0v) is 7.33. The van der Waals surface area contributed by atoms with Gasteiger partial charge < -0.3 is 9.26 Å². The van der Waals surface area contributed by atoms with Gasteiger partial charge in [-0.05, 0) is 11.6 Å². The van der Waals surface area contributed by atoms with Gasteiger partial charge in [0, 0.05) is 6.07 Å². The fourth-order valence-electron chi connectivity index (χ4n) is 0.483. The highest BCUT2D eigenvalue weighted by Crippen LogP contribution is 2.03. The van der Waals surface area contributed by atoms with Crippen molar-refractivity contribution in [1.29, 1.82) is 0 Å². The third kappa shape index (κ3) is 4.42. The number of rotatable bonds is 3. The Hall–Kier alpha value is -0.990. The van der Waals surface area contributed by atoms with Crippen LogP contribution in [0.3, 0.4) is 0 Å². The summed E-state index contributed by atoms with van der Waals surface area (Å²) in [6.07, 6.45) is 2.48. The molecular formula is C8H15NO2. The van der Waals surface area contributed by atoms with Gasteiger partial charge in [-0.3, -0.25) is 0 Å². The van der Waals surface area contributed by atoms with Gasteiger partial charge in [0.25, 0.3) is 5.88 Å². The van der Waals surface area contributed by atoms with Crippen LogP contribution in [-0.4, -0.2) is 11.8 Å². The maximum atomic E-state index is 5.09. The summed E-state index contributed by atoms with van der Waals surface area (Å²) in [6.45, 7) is 6.74. The van der Waals surface area contributed by atoms with Crippen molar-refractivity contribution < 1.29 is 9.26 Å². The molecule has 3 nitrogen and oxygen atoms in total. The zero-order valence-electron chi connectivity index (χ0n) is 7.33. The minimum Gasteiger partial charge on any atom is -0.476 e. The second-order valence-electron chi connectivity index (χ2n) is 1.69. The van der Waals surface area contributed by atoms with E-state index in [2.05, 4.69) is 9.68 Å². The van der Waals surface area contributed by atoms with E-state index in [0.717, 1.165) is 6.42 Å². The van der Waals surface area contributed by atoms with E-state index in [1.54, 1.807) is 6.07 Å². The van der Waals surface area contributed by atoms with Gasteiger partial charge in [0.05, 0.1) is 6.61 Å². The van der Waals surface area contributed by atoms with Crippen molar-refractivity contribution in [2.45, 2.75) is 27.2 Å². The normalized spacial score (nSPS) is 8.27. The molecule has 1 rings (SSSR count). The molecule has 0 fully saturated rings. The third-order valence-corrected chi connectivity index (χ3v) is 0.868. The van der Waals surface area contributed by atoms with Crippen LogP contribution in [0.2, 0.25) is 0 Å². The van der Waals surface area contributed by atoms with E-state index >= 15 is 0 Å². The van der Waals surface area contributed by atoms with Gasteiger partial charge in [-0.1, -0.05) is 20.8 Å². The summed E-state index contributed by atoms with van der Waals surface area (Å²) >= 11 is 0. The molecule has 0 unspecified atom stereocenters. The second kappa shape index (κ2) is 7.12.